The fraction of sp³-hybridized carbons (Fsp3) is 0.312. The summed E-state index contributed by atoms with van der Waals surface area (Å²) in [6, 6.07) is 0. The molecule has 0 atom stereocenters. The number of fused-ring (bicyclic) bond motifs is 1. The quantitative estimate of drug-likeness (QED) is 0.680. The van der Waals surface area contributed by atoms with Crippen molar-refractivity contribution in [1.82, 2.24) is 19.3 Å². The summed E-state index contributed by atoms with van der Waals surface area (Å²) in [7, 11) is 0. The molecular weight excluding hydrogens is 292 g/mol. The minimum atomic E-state index is 0.605. The van der Waals surface area contributed by atoms with E-state index in [0.29, 0.717) is 18.9 Å². The van der Waals surface area contributed by atoms with E-state index in [2.05, 4.69) is 26.4 Å². The van der Waals surface area contributed by atoms with Crippen LogP contribution in [0.4, 0.5) is 0 Å². The molecule has 3 rings (SSSR count). The van der Waals surface area contributed by atoms with E-state index in [-0.39, 0.29) is 0 Å². The Labute approximate surface area is 134 Å². The van der Waals surface area contributed by atoms with Crippen molar-refractivity contribution in [2.75, 3.05) is 26.3 Å². The highest BCUT2D eigenvalue weighted by molar-refractivity contribution is 5.99. The number of imidazole rings is 1. The van der Waals surface area contributed by atoms with Gasteiger partial charge in [-0.1, -0.05) is 6.58 Å². The maximum absolute atomic E-state index is 6.35. The second kappa shape index (κ2) is 6.62. The smallest absolute Gasteiger partial charge is 0.156 e. The summed E-state index contributed by atoms with van der Waals surface area (Å²) in [6.07, 6.45) is 8.67. The maximum atomic E-state index is 6.35. The average molecular weight is 312 g/mol. The highest BCUT2D eigenvalue weighted by atomic mass is 16.5. The summed E-state index contributed by atoms with van der Waals surface area (Å²) < 4.78 is 7.32. The number of hydrogen-bond donors (Lipinski definition) is 1. The maximum Gasteiger partial charge on any atom is 0.156 e. The van der Waals surface area contributed by atoms with Gasteiger partial charge in [-0.3, -0.25) is 9.38 Å². The van der Waals surface area contributed by atoms with Crippen LogP contribution in [0.1, 0.15) is 11.4 Å². The van der Waals surface area contributed by atoms with Gasteiger partial charge in [-0.05, 0) is 6.92 Å². The fourth-order valence-electron chi connectivity index (χ4n) is 2.68. The summed E-state index contributed by atoms with van der Waals surface area (Å²) >= 11 is 0. The first-order chi connectivity index (χ1) is 11.2. The summed E-state index contributed by atoms with van der Waals surface area (Å²) in [6.45, 7) is 8.56. The molecule has 0 saturated carbocycles. The lowest BCUT2D eigenvalue weighted by Gasteiger charge is -2.28. The number of aliphatic imine (C=N–C) groups is 1. The fourth-order valence-corrected chi connectivity index (χ4v) is 2.68. The van der Waals surface area contributed by atoms with Gasteiger partial charge in [-0.25, -0.2) is 9.98 Å². The van der Waals surface area contributed by atoms with Crippen LogP contribution in [0.3, 0.4) is 0 Å². The van der Waals surface area contributed by atoms with Crippen molar-refractivity contribution in [3.05, 3.63) is 48.8 Å². The zero-order chi connectivity index (χ0) is 16.2. The van der Waals surface area contributed by atoms with E-state index in [1.165, 1.54) is 6.20 Å². The topological polar surface area (TPSA) is 81.0 Å². The first kappa shape index (κ1) is 15.2. The number of aryl methyl sites for hydroxylation is 1. The number of nitrogens with zero attached hydrogens (tertiary/aromatic N) is 5. The lowest BCUT2D eigenvalue weighted by Crippen LogP contribution is -2.40. The molecule has 0 spiro atoms. The lowest BCUT2D eigenvalue weighted by atomic mass is 10.2. The van der Waals surface area contributed by atoms with Crippen LogP contribution in [0.25, 0.3) is 11.3 Å². The average Bonchev–Trinajstić information content (AvgIpc) is 2.91. The van der Waals surface area contributed by atoms with Crippen LogP contribution in [0.2, 0.25) is 0 Å². The second-order valence-electron chi connectivity index (χ2n) is 5.22. The summed E-state index contributed by atoms with van der Waals surface area (Å²) in [5, 5.41) is 0. The highest BCUT2D eigenvalue weighted by Crippen LogP contribution is 2.17. The number of hydrogen-bond acceptors (Lipinski definition) is 5. The number of morpholine rings is 1. The molecule has 0 unspecified atom stereocenters. The number of rotatable bonds is 3. The minimum absolute atomic E-state index is 0.605. The van der Waals surface area contributed by atoms with Crippen molar-refractivity contribution in [1.29, 1.82) is 0 Å². The number of amidine groups is 1. The largest absolute Gasteiger partial charge is 0.397 e. The van der Waals surface area contributed by atoms with Gasteiger partial charge in [0.2, 0.25) is 0 Å². The van der Waals surface area contributed by atoms with Crippen LogP contribution in [-0.4, -0.2) is 51.4 Å². The van der Waals surface area contributed by atoms with Crippen LogP contribution in [0, 0.1) is 6.92 Å². The van der Waals surface area contributed by atoms with Crippen LogP contribution >= 0.6 is 0 Å². The molecule has 23 heavy (non-hydrogen) atoms. The van der Waals surface area contributed by atoms with Gasteiger partial charge in [-0.2, -0.15) is 0 Å². The monoisotopic (exact) mass is 312 g/mol. The van der Waals surface area contributed by atoms with Crippen LogP contribution in [-0.2, 0) is 4.74 Å². The Morgan fingerprint density at radius 2 is 2.22 bits per heavy atom. The second-order valence-corrected chi connectivity index (χ2v) is 5.22. The van der Waals surface area contributed by atoms with Crippen molar-refractivity contribution in [3.63, 3.8) is 0 Å². The Morgan fingerprint density at radius 1 is 1.43 bits per heavy atom. The van der Waals surface area contributed by atoms with E-state index in [0.717, 1.165) is 36.0 Å². The first-order valence-electron chi connectivity index (χ1n) is 7.48. The van der Waals surface area contributed by atoms with E-state index in [1.54, 1.807) is 12.4 Å². The highest BCUT2D eigenvalue weighted by Gasteiger charge is 2.16. The minimum Gasteiger partial charge on any atom is -0.397 e. The van der Waals surface area contributed by atoms with Crippen molar-refractivity contribution >= 4 is 17.2 Å². The van der Waals surface area contributed by atoms with Crippen LogP contribution < -0.4 is 5.73 Å². The van der Waals surface area contributed by atoms with E-state index >= 15 is 0 Å². The molecule has 2 N–H and O–H groups in total. The zero-order valence-electron chi connectivity index (χ0n) is 13.1. The predicted octanol–water partition coefficient (Wildman–Crippen LogP) is 1.21. The van der Waals surface area contributed by atoms with Gasteiger partial charge >= 0.3 is 0 Å². The Hall–Kier alpha value is -2.67. The Kier molecular flexibility index (Phi) is 4.38. The van der Waals surface area contributed by atoms with Crippen LogP contribution in [0.15, 0.2) is 42.4 Å². The molecule has 1 aliphatic heterocycles. The van der Waals surface area contributed by atoms with E-state index in [1.807, 2.05) is 23.6 Å². The zero-order valence-corrected chi connectivity index (χ0v) is 13.1. The van der Waals surface area contributed by atoms with Gasteiger partial charge in [0, 0.05) is 37.8 Å². The van der Waals surface area contributed by atoms with Gasteiger partial charge in [0.25, 0.3) is 0 Å². The molecule has 2 aromatic heterocycles. The Bertz CT molecular complexity index is 770. The molecule has 0 radical (unpaired) electrons. The molecule has 0 aliphatic carbocycles. The molecule has 2 aromatic rings. The third-order valence-electron chi connectivity index (χ3n) is 3.72. The Balaban J connectivity index is 2.00. The first-order valence-corrected chi connectivity index (χ1v) is 7.48. The molecule has 7 nitrogen and oxygen atoms in total. The molecular formula is C16H20N6O. The number of aromatic nitrogens is 3. The predicted molar refractivity (Wildman–Crippen MR) is 89.9 cm³/mol. The molecule has 3 heterocycles. The van der Waals surface area contributed by atoms with E-state index < -0.39 is 0 Å². The van der Waals surface area contributed by atoms with Gasteiger partial charge in [0.05, 0.1) is 36.5 Å². The molecule has 0 amide bonds. The molecule has 0 aromatic carbocycles. The van der Waals surface area contributed by atoms with Crippen molar-refractivity contribution < 1.29 is 4.74 Å². The van der Waals surface area contributed by atoms with Gasteiger partial charge in [-0.15, -0.1) is 0 Å². The molecule has 120 valence electrons. The van der Waals surface area contributed by atoms with Crippen molar-refractivity contribution in [3.8, 4) is 0 Å². The third-order valence-corrected chi connectivity index (χ3v) is 3.72. The van der Waals surface area contributed by atoms with Gasteiger partial charge in [0.15, 0.2) is 5.65 Å². The number of ether oxygens (including phenoxy) is 1. The number of nitrogens with two attached hydrogens (primary N) is 1. The SMILES string of the molecule is C=CN=C(/C=C(\N)c1c(C)nc2cnccn12)N1CCOCC1. The van der Waals surface area contributed by atoms with Crippen molar-refractivity contribution in [2.45, 2.75) is 6.92 Å². The van der Waals surface area contributed by atoms with E-state index in [4.69, 9.17) is 10.5 Å². The molecule has 0 bridgehead atoms. The molecule has 1 aliphatic rings. The summed E-state index contributed by atoms with van der Waals surface area (Å²) in [5.74, 6) is 0.782. The van der Waals surface area contributed by atoms with Crippen molar-refractivity contribution in [2.24, 2.45) is 10.7 Å². The summed E-state index contributed by atoms with van der Waals surface area (Å²) in [5.41, 5.74) is 9.43. The molecule has 1 fully saturated rings. The normalized spacial score (nSPS) is 16.8. The molecule has 7 heteroatoms. The van der Waals surface area contributed by atoms with E-state index in [9.17, 15) is 0 Å². The summed E-state index contributed by atoms with van der Waals surface area (Å²) in [4.78, 5) is 15.1. The standard InChI is InChI=1S/C16H20N6O/c1-3-19-14(21-6-8-23-9-7-21)10-13(17)16-12(2)20-15-11-18-4-5-22(15)16/h3-5,10-11H,1,6-9,17H2,2H3/b13-10-,19-14?. The van der Waals surface area contributed by atoms with Gasteiger partial charge < -0.3 is 15.4 Å². The Morgan fingerprint density at radius 3 is 2.96 bits per heavy atom. The van der Waals surface area contributed by atoms with Gasteiger partial charge in [0.1, 0.15) is 5.84 Å². The lowest BCUT2D eigenvalue weighted by molar-refractivity contribution is 0.0684. The molecule has 1 saturated heterocycles. The van der Waals surface area contributed by atoms with Crippen LogP contribution in [0.5, 0.6) is 0 Å². The third kappa shape index (κ3) is 3.09.